The Morgan fingerprint density at radius 3 is 2.92 bits per heavy atom. The van der Waals surface area contributed by atoms with Crippen LogP contribution >= 0.6 is 23.2 Å². The van der Waals surface area contributed by atoms with Crippen molar-refractivity contribution < 1.29 is 13.9 Å². The molecule has 1 aliphatic rings. The first-order chi connectivity index (χ1) is 12.0. The molecule has 0 bridgehead atoms. The summed E-state index contributed by atoms with van der Waals surface area (Å²) in [5.74, 6) is -0.465. The Hall–Kier alpha value is -1.49. The highest BCUT2D eigenvalue weighted by Gasteiger charge is 2.46. The molecule has 0 amide bonds. The van der Waals surface area contributed by atoms with Gasteiger partial charge in [0.05, 0.1) is 21.8 Å². The molecule has 3 nitrogen and oxygen atoms in total. The van der Waals surface area contributed by atoms with Gasteiger partial charge in [0.15, 0.2) is 11.5 Å². The van der Waals surface area contributed by atoms with E-state index >= 15 is 4.39 Å². The van der Waals surface area contributed by atoms with E-state index < -0.39 is 11.5 Å². The monoisotopic (exact) mass is 381 g/mol. The lowest BCUT2D eigenvalue weighted by Gasteiger charge is -2.33. The first-order valence-electron chi connectivity index (χ1n) is 8.10. The van der Waals surface area contributed by atoms with E-state index in [4.69, 9.17) is 27.9 Å². The van der Waals surface area contributed by atoms with E-state index in [2.05, 4.69) is 4.98 Å². The second-order valence-electron chi connectivity index (χ2n) is 6.14. The summed E-state index contributed by atoms with van der Waals surface area (Å²) in [6, 6.07) is 8.51. The molecule has 0 saturated carbocycles. The van der Waals surface area contributed by atoms with Crippen LogP contribution in [0.4, 0.5) is 4.39 Å². The van der Waals surface area contributed by atoms with Gasteiger partial charge in [0.1, 0.15) is 0 Å². The molecule has 1 aromatic carbocycles. The number of carbonyl (C=O) groups excluding carboxylic acids is 1. The number of aryl methyl sites for hydroxylation is 1. The summed E-state index contributed by atoms with van der Waals surface area (Å²) in [7, 11) is 1.57. The number of rotatable bonds is 5. The summed E-state index contributed by atoms with van der Waals surface area (Å²) in [6.07, 6.45) is 2.20. The average Bonchev–Trinajstić information content (AvgIpc) is 2.63. The van der Waals surface area contributed by atoms with Gasteiger partial charge < -0.3 is 4.74 Å². The van der Waals surface area contributed by atoms with E-state index in [9.17, 15) is 4.79 Å². The zero-order valence-electron chi connectivity index (χ0n) is 13.8. The molecule has 0 unspecified atom stereocenters. The Labute approximate surface area is 156 Å². The van der Waals surface area contributed by atoms with Crippen LogP contribution in [0, 0.1) is 0 Å². The molecular weight excluding hydrogens is 364 g/mol. The number of halogens is 3. The summed E-state index contributed by atoms with van der Waals surface area (Å²) < 4.78 is 21.0. The number of nitrogens with zero attached hydrogens (tertiary/aromatic N) is 1. The number of Topliss-reactive ketones (excluding diaryl/α,β-unsaturated/α-hetero) is 1. The molecule has 2 aromatic rings. The molecule has 0 fully saturated rings. The van der Waals surface area contributed by atoms with E-state index in [1.807, 2.05) is 0 Å². The fourth-order valence-electron chi connectivity index (χ4n) is 3.32. The van der Waals surface area contributed by atoms with Crippen LogP contribution in [0.25, 0.3) is 0 Å². The third-order valence-electron chi connectivity index (χ3n) is 4.70. The summed E-state index contributed by atoms with van der Waals surface area (Å²) >= 11 is 12.1. The highest BCUT2D eigenvalue weighted by atomic mass is 35.5. The summed E-state index contributed by atoms with van der Waals surface area (Å²) in [5.41, 5.74) is -0.477. The number of alkyl halides is 1. The SMILES string of the molecule is CO[C@H]1CC[C@@](F)(C(=O)CCc2cccc(Cl)c2Cl)c2cccnc21. The molecule has 0 aliphatic heterocycles. The quantitative estimate of drug-likeness (QED) is 0.710. The van der Waals surface area contributed by atoms with Crippen molar-refractivity contribution in [1.82, 2.24) is 4.98 Å². The van der Waals surface area contributed by atoms with Gasteiger partial charge in [-0.1, -0.05) is 41.4 Å². The molecule has 0 N–H and O–H groups in total. The van der Waals surface area contributed by atoms with Crippen LogP contribution in [0.2, 0.25) is 10.0 Å². The Kier molecular flexibility index (Phi) is 5.42. The average molecular weight is 382 g/mol. The van der Waals surface area contributed by atoms with Crippen molar-refractivity contribution in [2.45, 2.75) is 37.5 Å². The van der Waals surface area contributed by atoms with Gasteiger partial charge in [-0.3, -0.25) is 9.78 Å². The van der Waals surface area contributed by atoms with Crippen LogP contribution in [-0.4, -0.2) is 17.9 Å². The molecule has 0 spiro atoms. The molecule has 1 aromatic heterocycles. The molecule has 0 radical (unpaired) electrons. The zero-order valence-corrected chi connectivity index (χ0v) is 15.3. The maximum Gasteiger partial charge on any atom is 0.195 e. The number of benzene rings is 1. The van der Waals surface area contributed by atoms with Gasteiger partial charge in [-0.15, -0.1) is 0 Å². The fraction of sp³-hybridized carbons (Fsp3) is 0.368. The van der Waals surface area contributed by atoms with Gasteiger partial charge in [0.2, 0.25) is 0 Å². The lowest BCUT2D eigenvalue weighted by Crippen LogP contribution is -2.37. The lowest BCUT2D eigenvalue weighted by molar-refractivity contribution is -0.133. The summed E-state index contributed by atoms with van der Waals surface area (Å²) in [6.45, 7) is 0. The number of fused-ring (bicyclic) bond motifs is 1. The van der Waals surface area contributed by atoms with E-state index in [1.165, 1.54) is 0 Å². The van der Waals surface area contributed by atoms with Crippen LogP contribution < -0.4 is 0 Å². The first kappa shape index (κ1) is 18.3. The third kappa shape index (κ3) is 3.43. The highest BCUT2D eigenvalue weighted by Crippen LogP contribution is 2.44. The number of hydrogen-bond acceptors (Lipinski definition) is 3. The predicted octanol–water partition coefficient (Wildman–Crippen LogP) is 5.24. The van der Waals surface area contributed by atoms with Crippen LogP contribution in [0.15, 0.2) is 36.5 Å². The van der Waals surface area contributed by atoms with Crippen LogP contribution in [-0.2, 0) is 21.6 Å². The van der Waals surface area contributed by atoms with Gasteiger partial charge in [0, 0.05) is 25.3 Å². The molecule has 6 heteroatoms. The minimum atomic E-state index is -2.04. The second-order valence-corrected chi connectivity index (χ2v) is 6.92. The Bertz CT molecular complexity index is 799. The van der Waals surface area contributed by atoms with Gasteiger partial charge in [-0.25, -0.2) is 4.39 Å². The standard InChI is InChI=1S/C19H18Cl2FNO2/c1-25-15-9-10-19(22,13-5-3-11-23-18(13)15)16(24)8-7-12-4-2-6-14(20)17(12)21/h2-6,11,15H,7-10H2,1H3/t15-,19-/m0/s1. The number of ketones is 1. The Balaban J connectivity index is 1.83. The molecule has 0 saturated heterocycles. The van der Waals surface area contributed by atoms with E-state index in [1.54, 1.807) is 43.6 Å². The summed E-state index contributed by atoms with van der Waals surface area (Å²) in [5, 5.41) is 0.840. The van der Waals surface area contributed by atoms with Crippen LogP contribution in [0.5, 0.6) is 0 Å². The van der Waals surface area contributed by atoms with Gasteiger partial charge >= 0.3 is 0 Å². The third-order valence-corrected chi connectivity index (χ3v) is 5.56. The van der Waals surface area contributed by atoms with Crippen LogP contribution in [0.1, 0.15) is 42.2 Å². The van der Waals surface area contributed by atoms with E-state index in [0.29, 0.717) is 34.1 Å². The molecule has 2 atom stereocenters. The van der Waals surface area contributed by atoms with Crippen molar-refractivity contribution in [2.24, 2.45) is 0 Å². The first-order valence-corrected chi connectivity index (χ1v) is 8.86. The zero-order chi connectivity index (χ0) is 18.0. The number of hydrogen-bond donors (Lipinski definition) is 0. The van der Waals surface area contributed by atoms with Crippen molar-refractivity contribution in [1.29, 1.82) is 0 Å². The predicted molar refractivity (Wildman–Crippen MR) is 95.8 cm³/mol. The van der Waals surface area contributed by atoms with Crippen molar-refractivity contribution in [3.8, 4) is 0 Å². The van der Waals surface area contributed by atoms with Gasteiger partial charge in [-0.05, 0) is 37.0 Å². The smallest absolute Gasteiger partial charge is 0.195 e. The van der Waals surface area contributed by atoms with E-state index in [-0.39, 0.29) is 18.9 Å². The molecule has 3 rings (SSSR count). The van der Waals surface area contributed by atoms with Crippen molar-refractivity contribution in [3.63, 3.8) is 0 Å². The number of methoxy groups -OCH3 is 1. The maximum absolute atomic E-state index is 15.6. The summed E-state index contributed by atoms with van der Waals surface area (Å²) in [4.78, 5) is 17.0. The fourth-order valence-corrected chi connectivity index (χ4v) is 3.73. The molecular formula is C19H18Cl2FNO2. The van der Waals surface area contributed by atoms with Crippen molar-refractivity contribution in [3.05, 3.63) is 63.4 Å². The topological polar surface area (TPSA) is 39.2 Å². The largest absolute Gasteiger partial charge is 0.375 e. The number of aromatic nitrogens is 1. The maximum atomic E-state index is 15.6. The number of pyridine rings is 1. The molecule has 1 heterocycles. The minimum Gasteiger partial charge on any atom is -0.375 e. The normalized spacial score (nSPS) is 22.5. The van der Waals surface area contributed by atoms with Crippen molar-refractivity contribution in [2.75, 3.05) is 7.11 Å². The number of carbonyl (C=O) groups is 1. The van der Waals surface area contributed by atoms with Crippen LogP contribution in [0.3, 0.4) is 0 Å². The van der Waals surface area contributed by atoms with Crippen molar-refractivity contribution >= 4 is 29.0 Å². The minimum absolute atomic E-state index is 0.0442. The molecule has 132 valence electrons. The second kappa shape index (κ2) is 7.40. The molecule has 25 heavy (non-hydrogen) atoms. The van der Waals surface area contributed by atoms with Gasteiger partial charge in [-0.2, -0.15) is 0 Å². The highest BCUT2D eigenvalue weighted by molar-refractivity contribution is 6.42. The Morgan fingerprint density at radius 1 is 1.36 bits per heavy atom. The number of ether oxygens (including phenoxy) is 1. The van der Waals surface area contributed by atoms with Gasteiger partial charge in [0.25, 0.3) is 0 Å². The lowest BCUT2D eigenvalue weighted by atomic mass is 9.77. The Morgan fingerprint density at radius 2 is 2.16 bits per heavy atom. The van der Waals surface area contributed by atoms with E-state index in [0.717, 1.165) is 5.56 Å². The molecule has 1 aliphatic carbocycles.